The van der Waals surface area contributed by atoms with Crippen molar-refractivity contribution in [3.63, 3.8) is 0 Å². The number of nitrogens with one attached hydrogen (secondary N) is 1. The van der Waals surface area contributed by atoms with Gasteiger partial charge in [-0.05, 0) is 56.6 Å². The first-order valence-corrected chi connectivity index (χ1v) is 15.2. The Hall–Kier alpha value is -2.00. The Kier molecular flexibility index (Phi) is 14.6. The van der Waals surface area contributed by atoms with Gasteiger partial charge in [0, 0.05) is 61.9 Å². The van der Waals surface area contributed by atoms with Gasteiger partial charge in [0.15, 0.2) is 5.78 Å². The number of nitrogens with zero attached hydrogens (tertiary/aromatic N) is 2. The summed E-state index contributed by atoms with van der Waals surface area (Å²) in [6, 6.07) is 1.74. The van der Waals surface area contributed by atoms with Crippen LogP contribution in [0, 0.1) is 11.8 Å². The first kappa shape index (κ1) is 34.2. The molecule has 6 nitrogen and oxygen atoms in total. The van der Waals surface area contributed by atoms with Gasteiger partial charge in [-0.15, -0.1) is 0 Å². The third-order valence-electron chi connectivity index (χ3n) is 7.76. The lowest BCUT2D eigenvalue weighted by Gasteiger charge is -2.31. The Labute approximate surface area is 238 Å². The van der Waals surface area contributed by atoms with Gasteiger partial charge in [-0.2, -0.15) is 13.2 Å². The summed E-state index contributed by atoms with van der Waals surface area (Å²) in [6.07, 6.45) is 5.32. The molecule has 1 fully saturated rings. The van der Waals surface area contributed by atoms with E-state index >= 15 is 0 Å². The monoisotopic (exact) mass is 569 g/mol. The minimum Gasteiger partial charge on any atom is -0.374 e. The van der Waals surface area contributed by atoms with Crippen LogP contribution in [0.3, 0.4) is 0 Å². The fraction of sp³-hybridized carbons (Fsp3) is 0.774. The molecule has 4 atom stereocenters. The van der Waals surface area contributed by atoms with E-state index in [2.05, 4.69) is 31.1 Å². The zero-order chi connectivity index (χ0) is 29.7. The zero-order valence-electron chi connectivity index (χ0n) is 25.1. The molecule has 1 saturated carbocycles. The number of pyridine rings is 1. The molecule has 1 aromatic heterocycles. The summed E-state index contributed by atoms with van der Waals surface area (Å²) in [5.41, 5.74) is 0.385. The van der Waals surface area contributed by atoms with Crippen molar-refractivity contribution in [1.29, 1.82) is 0 Å². The third kappa shape index (κ3) is 10.8. The van der Waals surface area contributed by atoms with E-state index in [1.54, 1.807) is 4.90 Å². The van der Waals surface area contributed by atoms with E-state index in [9.17, 15) is 22.8 Å². The molecule has 4 unspecified atom stereocenters. The van der Waals surface area contributed by atoms with Crippen LogP contribution in [0.2, 0.25) is 0 Å². The number of halogens is 3. The van der Waals surface area contributed by atoms with Gasteiger partial charge in [0.25, 0.3) is 0 Å². The van der Waals surface area contributed by atoms with E-state index < -0.39 is 11.7 Å². The van der Waals surface area contributed by atoms with Crippen LogP contribution in [0.5, 0.6) is 0 Å². The highest BCUT2D eigenvalue weighted by Gasteiger charge is 2.36. The number of alkyl halides is 3. The number of carbonyl (C=O) groups excluding carboxylic acids is 2. The number of fused-ring (bicyclic) bond motifs is 1. The molecule has 2 heterocycles. The smallest absolute Gasteiger partial charge is 0.374 e. The summed E-state index contributed by atoms with van der Waals surface area (Å²) in [4.78, 5) is 31.1. The van der Waals surface area contributed by atoms with Crippen molar-refractivity contribution in [3.8, 4) is 0 Å². The van der Waals surface area contributed by atoms with Crippen LogP contribution in [-0.4, -0.2) is 53.4 Å². The lowest BCUT2D eigenvalue weighted by Crippen LogP contribution is -2.41. The molecule has 3 rings (SSSR count). The minimum atomic E-state index is -4.44. The van der Waals surface area contributed by atoms with Crippen molar-refractivity contribution in [2.24, 2.45) is 11.8 Å². The fourth-order valence-electron chi connectivity index (χ4n) is 5.41. The maximum Gasteiger partial charge on any atom is 0.417 e. The molecule has 1 amide bonds. The normalized spacial score (nSPS) is 20.4. The number of hydrogen-bond acceptors (Lipinski definition) is 5. The number of aromatic nitrogens is 1. The first-order chi connectivity index (χ1) is 19.0. The molecule has 0 saturated heterocycles. The molecule has 40 heavy (non-hydrogen) atoms. The average Bonchev–Trinajstić information content (AvgIpc) is 3.39. The van der Waals surface area contributed by atoms with E-state index in [0.717, 1.165) is 63.6 Å². The van der Waals surface area contributed by atoms with Gasteiger partial charge in [-0.1, -0.05) is 47.5 Å². The third-order valence-corrected chi connectivity index (χ3v) is 7.76. The summed E-state index contributed by atoms with van der Waals surface area (Å²) >= 11 is 0. The average molecular weight is 570 g/mol. The lowest BCUT2D eigenvalue weighted by atomic mass is 9.96. The van der Waals surface area contributed by atoms with Crippen LogP contribution < -0.4 is 5.32 Å². The van der Waals surface area contributed by atoms with Crippen molar-refractivity contribution in [2.45, 2.75) is 124 Å². The molecule has 0 spiro atoms. The van der Waals surface area contributed by atoms with Gasteiger partial charge < -0.3 is 15.0 Å². The van der Waals surface area contributed by atoms with Gasteiger partial charge >= 0.3 is 6.18 Å². The van der Waals surface area contributed by atoms with E-state index in [-0.39, 0.29) is 42.7 Å². The predicted octanol–water partition coefficient (Wildman–Crippen LogP) is 6.74. The Balaban J connectivity index is 0.00000178. The van der Waals surface area contributed by atoms with Gasteiger partial charge in [0.1, 0.15) is 6.61 Å². The molecule has 9 heteroatoms. The highest BCUT2D eigenvalue weighted by atomic mass is 19.4. The molecule has 1 aliphatic heterocycles. The van der Waals surface area contributed by atoms with E-state index in [1.807, 2.05) is 13.8 Å². The van der Waals surface area contributed by atoms with Crippen LogP contribution in [0.25, 0.3) is 0 Å². The number of carbonyl (C=O) groups is 2. The Morgan fingerprint density at radius 2 is 1.90 bits per heavy atom. The Morgan fingerprint density at radius 3 is 2.55 bits per heavy atom. The van der Waals surface area contributed by atoms with Crippen LogP contribution in [-0.2, 0) is 33.5 Å². The number of ether oxygens (including phenoxy) is 1. The minimum absolute atomic E-state index is 0.0000656. The molecule has 0 bridgehead atoms. The maximum absolute atomic E-state index is 13.2. The molecule has 1 aromatic rings. The second kappa shape index (κ2) is 17.1. The highest BCUT2D eigenvalue weighted by molar-refractivity contribution is 5.81. The lowest BCUT2D eigenvalue weighted by molar-refractivity contribution is -0.138. The van der Waals surface area contributed by atoms with Crippen LogP contribution in [0.1, 0.15) is 109 Å². The maximum atomic E-state index is 13.2. The second-order valence-corrected chi connectivity index (χ2v) is 11.4. The topological polar surface area (TPSA) is 71.5 Å². The van der Waals surface area contributed by atoms with Crippen molar-refractivity contribution in [3.05, 3.63) is 29.1 Å². The fourth-order valence-corrected chi connectivity index (χ4v) is 5.41. The van der Waals surface area contributed by atoms with Gasteiger partial charge in [0.2, 0.25) is 5.91 Å². The summed E-state index contributed by atoms with van der Waals surface area (Å²) in [5, 5.41) is 3.72. The first-order valence-electron chi connectivity index (χ1n) is 15.2. The van der Waals surface area contributed by atoms with Crippen molar-refractivity contribution in [2.75, 3.05) is 19.8 Å². The summed E-state index contributed by atoms with van der Waals surface area (Å²) < 4.78 is 44.7. The predicted molar refractivity (Wildman–Crippen MR) is 152 cm³/mol. The van der Waals surface area contributed by atoms with Gasteiger partial charge in [-0.3, -0.25) is 14.6 Å². The van der Waals surface area contributed by atoms with E-state index in [1.165, 1.54) is 6.42 Å². The molecule has 0 aromatic carbocycles. The van der Waals surface area contributed by atoms with E-state index in [4.69, 9.17) is 4.74 Å². The molecule has 1 aliphatic carbocycles. The second-order valence-electron chi connectivity index (χ2n) is 11.4. The SMILES string of the molecule is CCC.CCCOCC(=O)C(C)CCCC(CC)NC1CCC(C(=O)N2CCc3ncc(C(F)(F)F)cc3C2)C1. The van der Waals surface area contributed by atoms with Crippen molar-refractivity contribution < 1.29 is 27.5 Å². The summed E-state index contributed by atoms with van der Waals surface area (Å²) in [6.45, 7) is 11.9. The van der Waals surface area contributed by atoms with Crippen molar-refractivity contribution in [1.82, 2.24) is 15.2 Å². The molecule has 0 radical (unpaired) electrons. The van der Waals surface area contributed by atoms with Crippen molar-refractivity contribution >= 4 is 11.7 Å². The molecule has 228 valence electrons. The molecular formula is C31H50F3N3O3. The quantitative estimate of drug-likeness (QED) is 0.267. The Morgan fingerprint density at radius 1 is 1.18 bits per heavy atom. The highest BCUT2D eigenvalue weighted by Crippen LogP contribution is 2.33. The molecule has 1 N–H and O–H groups in total. The number of Topliss-reactive ketones (excluding diaryl/α,β-unsaturated/α-hetero) is 1. The number of ketones is 1. The number of rotatable bonds is 13. The van der Waals surface area contributed by atoms with Crippen LogP contribution >= 0.6 is 0 Å². The standard InChI is InChI=1S/C28H42F3N3O3.C3H8/c1-4-13-37-18-26(35)19(3)7-6-8-23(5-2)33-24-10-9-20(15-24)27(36)34-12-11-25-21(17-34)14-22(16-32-25)28(29,30)31;1-3-2/h14,16,19-20,23-24,33H,4-13,15,17-18H2,1-3H3;3H2,1-2H3. The summed E-state index contributed by atoms with van der Waals surface area (Å²) in [7, 11) is 0. The van der Waals surface area contributed by atoms with Crippen LogP contribution in [0.4, 0.5) is 13.2 Å². The Bertz CT molecular complexity index is 925. The zero-order valence-corrected chi connectivity index (χ0v) is 25.1. The largest absolute Gasteiger partial charge is 0.417 e. The summed E-state index contributed by atoms with van der Waals surface area (Å²) in [5.74, 6) is 0.103. The van der Waals surface area contributed by atoms with Gasteiger partial charge in [0.05, 0.1) is 5.56 Å². The van der Waals surface area contributed by atoms with Crippen LogP contribution in [0.15, 0.2) is 12.3 Å². The number of hydrogen-bond donors (Lipinski definition) is 1. The molecule has 2 aliphatic rings. The molecular weight excluding hydrogens is 519 g/mol. The van der Waals surface area contributed by atoms with E-state index in [0.29, 0.717) is 36.9 Å². The van der Waals surface area contributed by atoms with Gasteiger partial charge in [-0.25, -0.2) is 0 Å². The number of amides is 1.